The van der Waals surface area contributed by atoms with E-state index in [1.807, 2.05) is 0 Å². The van der Waals surface area contributed by atoms with Crippen LogP contribution in [0.15, 0.2) is 12.1 Å². The van der Waals surface area contributed by atoms with Gasteiger partial charge in [-0.05, 0) is 24.8 Å². The molecule has 1 aromatic rings. The molecule has 0 aromatic heterocycles. The number of carbonyl (C=O) groups excluding carboxylic acids is 1. The third kappa shape index (κ3) is 3.67. The van der Waals surface area contributed by atoms with Crippen molar-refractivity contribution in [3.05, 3.63) is 17.7 Å². The number of hydrogen-bond acceptors (Lipinski definition) is 5. The molecule has 0 spiro atoms. The Bertz CT molecular complexity index is 492. The standard InChI is InChI=1S/C16H22O5/c1-18-14-10-16(20-3)15(19-2)9-12(14)13(17)8-11-4-6-21-7-5-11/h9-11H,4-8H2,1-3H3. The molecule has 1 fully saturated rings. The average Bonchev–Trinajstić information content (AvgIpc) is 2.54. The normalized spacial score (nSPS) is 15.6. The number of Topliss-reactive ketones (excluding diaryl/α,β-unsaturated/α-hetero) is 1. The van der Waals surface area contributed by atoms with Gasteiger partial charge in [0.2, 0.25) is 0 Å². The van der Waals surface area contributed by atoms with E-state index < -0.39 is 0 Å². The molecule has 5 heteroatoms. The second-order valence-corrected chi connectivity index (χ2v) is 5.09. The first-order valence-corrected chi connectivity index (χ1v) is 7.10. The Balaban J connectivity index is 2.21. The molecule has 1 saturated heterocycles. The first-order valence-electron chi connectivity index (χ1n) is 7.10. The molecule has 116 valence electrons. The lowest BCUT2D eigenvalue weighted by molar-refractivity contribution is 0.0600. The van der Waals surface area contributed by atoms with Gasteiger partial charge in [0.25, 0.3) is 0 Å². The van der Waals surface area contributed by atoms with Crippen molar-refractivity contribution in [2.45, 2.75) is 19.3 Å². The summed E-state index contributed by atoms with van der Waals surface area (Å²) in [6.07, 6.45) is 2.37. The van der Waals surface area contributed by atoms with Crippen molar-refractivity contribution < 1.29 is 23.7 Å². The highest BCUT2D eigenvalue weighted by molar-refractivity contribution is 5.99. The van der Waals surface area contributed by atoms with Gasteiger partial charge in [0.1, 0.15) is 5.75 Å². The van der Waals surface area contributed by atoms with Crippen LogP contribution < -0.4 is 14.2 Å². The fraction of sp³-hybridized carbons (Fsp3) is 0.562. The van der Waals surface area contributed by atoms with Gasteiger partial charge in [0.05, 0.1) is 26.9 Å². The van der Waals surface area contributed by atoms with E-state index in [2.05, 4.69) is 0 Å². The second-order valence-electron chi connectivity index (χ2n) is 5.09. The van der Waals surface area contributed by atoms with Crippen LogP contribution in [0.25, 0.3) is 0 Å². The molecule has 0 bridgehead atoms. The molecule has 1 aliphatic rings. The Labute approximate surface area is 125 Å². The number of ketones is 1. The fourth-order valence-electron chi connectivity index (χ4n) is 2.57. The Hall–Kier alpha value is -1.75. The van der Waals surface area contributed by atoms with Crippen LogP contribution >= 0.6 is 0 Å². The second kappa shape index (κ2) is 7.31. The third-order valence-electron chi connectivity index (χ3n) is 3.82. The molecule has 0 saturated carbocycles. The van der Waals surface area contributed by atoms with Crippen molar-refractivity contribution in [3.63, 3.8) is 0 Å². The maximum Gasteiger partial charge on any atom is 0.167 e. The molecular weight excluding hydrogens is 272 g/mol. The van der Waals surface area contributed by atoms with Crippen molar-refractivity contribution in [2.75, 3.05) is 34.5 Å². The molecule has 0 radical (unpaired) electrons. The molecule has 5 nitrogen and oxygen atoms in total. The number of ether oxygens (including phenoxy) is 4. The number of hydrogen-bond donors (Lipinski definition) is 0. The third-order valence-corrected chi connectivity index (χ3v) is 3.82. The summed E-state index contributed by atoms with van der Waals surface area (Å²) in [6, 6.07) is 3.38. The number of benzene rings is 1. The zero-order valence-electron chi connectivity index (χ0n) is 12.8. The van der Waals surface area contributed by atoms with E-state index in [4.69, 9.17) is 18.9 Å². The van der Waals surface area contributed by atoms with Gasteiger partial charge in [-0.2, -0.15) is 0 Å². The predicted octanol–water partition coefficient (Wildman–Crippen LogP) is 2.71. The van der Waals surface area contributed by atoms with Crippen LogP contribution in [0.3, 0.4) is 0 Å². The van der Waals surface area contributed by atoms with Crippen molar-refractivity contribution in [1.82, 2.24) is 0 Å². The molecule has 21 heavy (non-hydrogen) atoms. The Morgan fingerprint density at radius 3 is 2.19 bits per heavy atom. The molecular formula is C16H22O5. The molecule has 0 N–H and O–H groups in total. The van der Waals surface area contributed by atoms with Gasteiger partial charge in [-0.15, -0.1) is 0 Å². The van der Waals surface area contributed by atoms with Gasteiger partial charge in [-0.25, -0.2) is 0 Å². The summed E-state index contributed by atoms with van der Waals surface area (Å²) in [5, 5.41) is 0. The largest absolute Gasteiger partial charge is 0.496 e. The summed E-state index contributed by atoms with van der Waals surface area (Å²) in [7, 11) is 4.66. The number of rotatable bonds is 6. The lowest BCUT2D eigenvalue weighted by Crippen LogP contribution is -2.19. The zero-order chi connectivity index (χ0) is 15.2. The Kier molecular flexibility index (Phi) is 5.44. The maximum atomic E-state index is 12.5. The van der Waals surface area contributed by atoms with E-state index in [-0.39, 0.29) is 5.78 Å². The highest BCUT2D eigenvalue weighted by atomic mass is 16.5. The van der Waals surface area contributed by atoms with Crippen LogP contribution in [0.5, 0.6) is 17.2 Å². The monoisotopic (exact) mass is 294 g/mol. The maximum absolute atomic E-state index is 12.5. The fourth-order valence-corrected chi connectivity index (χ4v) is 2.57. The van der Waals surface area contributed by atoms with Crippen molar-refractivity contribution >= 4 is 5.78 Å². The number of methoxy groups -OCH3 is 3. The lowest BCUT2D eigenvalue weighted by Gasteiger charge is -2.21. The van der Waals surface area contributed by atoms with E-state index in [1.54, 1.807) is 33.5 Å². The molecule has 0 atom stereocenters. The first-order chi connectivity index (χ1) is 10.2. The highest BCUT2D eigenvalue weighted by Crippen LogP contribution is 2.36. The van der Waals surface area contributed by atoms with Gasteiger partial charge in [0, 0.05) is 25.7 Å². The van der Waals surface area contributed by atoms with Crippen LogP contribution in [0, 0.1) is 5.92 Å². The molecule has 0 aliphatic carbocycles. The van der Waals surface area contributed by atoms with E-state index in [1.165, 1.54) is 0 Å². The van der Waals surface area contributed by atoms with Crippen LogP contribution in [0.1, 0.15) is 29.6 Å². The molecule has 1 aliphatic heterocycles. The van der Waals surface area contributed by atoms with Crippen molar-refractivity contribution in [3.8, 4) is 17.2 Å². The highest BCUT2D eigenvalue weighted by Gasteiger charge is 2.22. The smallest absolute Gasteiger partial charge is 0.167 e. The SMILES string of the molecule is COc1cc(OC)c(C(=O)CC2CCOCC2)cc1OC. The summed E-state index contributed by atoms with van der Waals surface area (Å²) in [6.45, 7) is 1.47. The Morgan fingerprint density at radius 1 is 1.05 bits per heavy atom. The van der Waals surface area contributed by atoms with Gasteiger partial charge in [-0.1, -0.05) is 0 Å². The van der Waals surface area contributed by atoms with Crippen molar-refractivity contribution in [2.24, 2.45) is 5.92 Å². The van der Waals surface area contributed by atoms with Gasteiger partial charge < -0.3 is 18.9 Å². The molecule has 0 unspecified atom stereocenters. The van der Waals surface area contributed by atoms with Crippen LogP contribution in [-0.2, 0) is 4.74 Å². The summed E-state index contributed by atoms with van der Waals surface area (Å²) in [5.41, 5.74) is 0.543. The van der Waals surface area contributed by atoms with Crippen LogP contribution in [-0.4, -0.2) is 40.3 Å². The average molecular weight is 294 g/mol. The molecule has 1 aromatic carbocycles. The van der Waals surface area contributed by atoms with E-state index >= 15 is 0 Å². The van der Waals surface area contributed by atoms with E-state index in [0.29, 0.717) is 35.2 Å². The number of carbonyl (C=O) groups is 1. The van der Waals surface area contributed by atoms with Gasteiger partial charge >= 0.3 is 0 Å². The Morgan fingerprint density at radius 2 is 1.62 bits per heavy atom. The summed E-state index contributed by atoms with van der Waals surface area (Å²) in [4.78, 5) is 12.5. The quantitative estimate of drug-likeness (QED) is 0.755. The van der Waals surface area contributed by atoms with Gasteiger partial charge in [-0.3, -0.25) is 4.79 Å². The van der Waals surface area contributed by atoms with Crippen molar-refractivity contribution in [1.29, 1.82) is 0 Å². The lowest BCUT2D eigenvalue weighted by atomic mass is 9.91. The molecule has 1 heterocycles. The minimum absolute atomic E-state index is 0.0692. The minimum Gasteiger partial charge on any atom is -0.496 e. The summed E-state index contributed by atoms with van der Waals surface area (Å²) >= 11 is 0. The molecule has 0 amide bonds. The zero-order valence-corrected chi connectivity index (χ0v) is 12.8. The topological polar surface area (TPSA) is 54.0 Å². The first kappa shape index (κ1) is 15.6. The van der Waals surface area contributed by atoms with Crippen LogP contribution in [0.4, 0.5) is 0 Å². The molecule has 2 rings (SSSR count). The van der Waals surface area contributed by atoms with Crippen LogP contribution in [0.2, 0.25) is 0 Å². The predicted molar refractivity (Wildman–Crippen MR) is 78.6 cm³/mol. The summed E-state index contributed by atoms with van der Waals surface area (Å²) in [5.74, 6) is 2.05. The van der Waals surface area contributed by atoms with E-state index in [0.717, 1.165) is 26.1 Å². The summed E-state index contributed by atoms with van der Waals surface area (Å²) < 4.78 is 21.1. The van der Waals surface area contributed by atoms with E-state index in [9.17, 15) is 4.79 Å². The van der Waals surface area contributed by atoms with Gasteiger partial charge in [0.15, 0.2) is 17.3 Å². The minimum atomic E-state index is 0.0692.